The van der Waals surface area contributed by atoms with Crippen molar-refractivity contribution in [1.82, 2.24) is 0 Å². The van der Waals surface area contributed by atoms with Gasteiger partial charge in [-0.2, -0.15) is 0 Å². The summed E-state index contributed by atoms with van der Waals surface area (Å²) in [4.78, 5) is 0. The third kappa shape index (κ3) is 11.5. The van der Waals surface area contributed by atoms with Crippen molar-refractivity contribution in [1.29, 1.82) is 0 Å². The molecule has 0 fully saturated rings. The molecule has 0 saturated carbocycles. The second-order valence-electron chi connectivity index (χ2n) is 3.35. The van der Waals surface area contributed by atoms with Crippen molar-refractivity contribution in [2.75, 3.05) is 0 Å². The molecule has 0 aliphatic rings. The average molecular weight is 706 g/mol. The standard InChI is InChI=1S/H24P22/c1-13(2)19(14(3)4)22(20(15(5)6)16(7)8)21(17(9)10)18(11)12/h1-12H2. The fraction of sp³-hybridized carbons (Fsp3) is 0. The molecule has 22 heteroatoms. The Bertz CT molecular complexity index is 211. The summed E-state index contributed by atoms with van der Waals surface area (Å²) < 4.78 is 0. The summed E-state index contributed by atoms with van der Waals surface area (Å²) in [5.74, 6) is 0. The van der Waals surface area contributed by atoms with Crippen LogP contribution in [0.1, 0.15) is 0 Å². The van der Waals surface area contributed by atoms with E-state index in [0.717, 1.165) is 0 Å². The third-order valence-corrected chi connectivity index (χ3v) is 139. The van der Waals surface area contributed by atoms with Crippen LogP contribution < -0.4 is 0 Å². The first kappa shape index (κ1) is 31.5. The number of rotatable bonds is 9. The van der Waals surface area contributed by atoms with Crippen molar-refractivity contribution in [2.45, 2.75) is 0 Å². The maximum Gasteiger partial charge on any atom is -0.000506 e. The van der Waals surface area contributed by atoms with E-state index in [1.807, 2.05) is 0 Å². The van der Waals surface area contributed by atoms with E-state index in [9.17, 15) is 0 Å². The molecule has 0 aliphatic heterocycles. The molecule has 0 rings (SSSR count). The molecule has 0 N–H and O–H groups in total. The van der Waals surface area contributed by atoms with Crippen molar-refractivity contribution in [3.63, 3.8) is 0 Å². The third-order valence-electron chi connectivity index (χ3n) is 1.72. The van der Waals surface area contributed by atoms with Crippen LogP contribution in [0.5, 0.6) is 0 Å². The minimum atomic E-state index is 0.00720. The fourth-order valence-electron chi connectivity index (χ4n) is 1.13. The van der Waals surface area contributed by atoms with Gasteiger partial charge in [0.2, 0.25) is 0 Å². The maximum absolute atomic E-state index is 3.19. The van der Waals surface area contributed by atoms with Crippen LogP contribution in [0.15, 0.2) is 0 Å². The molecule has 0 aromatic carbocycles. The Morgan fingerprint density at radius 1 is 0.227 bits per heavy atom. The van der Waals surface area contributed by atoms with Gasteiger partial charge in [-0.25, -0.2) is 0 Å². The minimum absolute atomic E-state index is 0.00720. The van der Waals surface area contributed by atoms with Crippen molar-refractivity contribution >= 4 is 177 Å². The fourth-order valence-corrected chi connectivity index (χ4v) is 274. The van der Waals surface area contributed by atoms with Gasteiger partial charge in [-0.15, -0.1) is 107 Å². The lowest BCUT2D eigenvalue weighted by molar-refractivity contribution is 4.47. The molecule has 0 amide bonds. The molecule has 134 valence electrons. The van der Waals surface area contributed by atoms with Crippen LogP contribution in [0.2, 0.25) is 0 Å². The SMILES string of the molecule is PP(P)P(P(P)P)P(P(P(P)P)P(P)P)P(P(P)P)P(P)P. The van der Waals surface area contributed by atoms with E-state index < -0.39 is 0 Å². The summed E-state index contributed by atoms with van der Waals surface area (Å²) in [6.45, 7) is 0.507. The molecule has 0 spiro atoms. The summed E-state index contributed by atoms with van der Waals surface area (Å²) in [6.07, 6.45) is 0. The molecular weight excluding hydrogens is 681 g/mol. The molecule has 0 aromatic rings. The summed E-state index contributed by atoms with van der Waals surface area (Å²) in [7, 11) is 38.2. The normalized spacial score (nSPS) is 13.9. The first-order valence-corrected chi connectivity index (χ1v) is 44.1. The van der Waals surface area contributed by atoms with Crippen molar-refractivity contribution in [3.05, 3.63) is 0 Å². The monoisotopic (exact) mass is 706 g/mol. The largest absolute Gasteiger partial charge is 0.102 e. The summed E-state index contributed by atoms with van der Waals surface area (Å²) in [5, 5.41) is 0. The van der Waals surface area contributed by atoms with Gasteiger partial charge < -0.3 is 0 Å². The Kier molecular flexibility index (Phi) is 24.3. The smallest absolute Gasteiger partial charge is 0.000506 e. The molecule has 0 heterocycles. The van der Waals surface area contributed by atoms with Gasteiger partial charge in [-0.05, 0) is 69.9 Å². The Labute approximate surface area is 175 Å². The Balaban J connectivity index is 6.03. The molecule has 0 aromatic heterocycles. The zero-order valence-corrected chi connectivity index (χ0v) is 34.2. The lowest BCUT2D eigenvalue weighted by atomic mass is 28.5. The first-order chi connectivity index (χ1) is 9.93. The van der Waals surface area contributed by atoms with Gasteiger partial charge in [0.25, 0.3) is 0 Å². The van der Waals surface area contributed by atoms with Crippen LogP contribution in [-0.2, 0) is 0 Å². The Morgan fingerprint density at radius 2 is 0.364 bits per heavy atom. The molecule has 22 heavy (non-hydrogen) atoms. The van der Waals surface area contributed by atoms with Crippen LogP contribution in [0.25, 0.3) is 0 Å². The number of hydrogen-bond acceptors (Lipinski definition) is 0. The van der Waals surface area contributed by atoms with E-state index in [0.29, 0.717) is 0 Å². The molecule has 0 radical (unpaired) electrons. The predicted molar refractivity (Wildman–Crippen MR) is 186 cm³/mol. The van der Waals surface area contributed by atoms with Crippen molar-refractivity contribution in [3.8, 4) is 0 Å². The molecule has 0 aliphatic carbocycles. The van der Waals surface area contributed by atoms with E-state index in [4.69, 9.17) is 0 Å². The lowest BCUT2D eigenvalue weighted by Crippen LogP contribution is -1.59. The van der Waals surface area contributed by atoms with Gasteiger partial charge in [0.1, 0.15) is 0 Å². The van der Waals surface area contributed by atoms with E-state index in [-0.39, 0.29) is 69.9 Å². The summed E-state index contributed by atoms with van der Waals surface area (Å²) in [6, 6.07) is 0. The molecule has 0 bridgehead atoms. The highest BCUT2D eigenvalue weighted by Gasteiger charge is 2.44. The summed E-state index contributed by atoms with van der Waals surface area (Å²) >= 11 is 0. The predicted octanol–water partition coefficient (Wildman–Crippen LogP) is 12.5. The molecular formula is H24P22. The van der Waals surface area contributed by atoms with E-state index in [2.05, 4.69) is 107 Å². The van der Waals surface area contributed by atoms with Crippen LogP contribution >= 0.6 is 177 Å². The van der Waals surface area contributed by atoms with Gasteiger partial charge in [0.05, 0.1) is 0 Å². The van der Waals surface area contributed by atoms with Crippen LogP contribution in [0, 0.1) is 0 Å². The van der Waals surface area contributed by atoms with Gasteiger partial charge in [-0.1, -0.05) is 0 Å². The van der Waals surface area contributed by atoms with Gasteiger partial charge in [-0.3, -0.25) is 0 Å². The number of hydrogen-bond donors (Lipinski definition) is 0. The highest BCUT2D eigenvalue weighted by atomic mass is 33.4. The topological polar surface area (TPSA) is 0 Å². The van der Waals surface area contributed by atoms with Crippen LogP contribution in [0.4, 0.5) is 0 Å². The van der Waals surface area contributed by atoms with Gasteiger partial charge in [0, 0.05) is 0 Å². The highest BCUT2D eigenvalue weighted by Crippen LogP contribution is 3.32. The Morgan fingerprint density at radius 3 is 0.455 bits per heavy atom. The average Bonchev–Trinajstić information content (AvgIpc) is 2.24. The first-order valence-electron chi connectivity index (χ1n) is 4.90. The molecule has 12 atom stereocenters. The van der Waals surface area contributed by atoms with E-state index >= 15 is 0 Å². The van der Waals surface area contributed by atoms with Crippen LogP contribution in [-0.4, -0.2) is 0 Å². The second kappa shape index (κ2) is 17.0. The van der Waals surface area contributed by atoms with Gasteiger partial charge >= 0.3 is 0 Å². The Hall–Kier alpha value is 9.46. The maximum atomic E-state index is 3.19. The zero-order valence-electron chi connectivity index (χ0n) is 11.4. The molecule has 12 unspecified atom stereocenters. The van der Waals surface area contributed by atoms with Crippen molar-refractivity contribution < 1.29 is 0 Å². The minimum Gasteiger partial charge on any atom is -0.102 e. The van der Waals surface area contributed by atoms with Gasteiger partial charge in [0.15, 0.2) is 0 Å². The quantitative estimate of drug-likeness (QED) is 0.210. The highest BCUT2D eigenvalue weighted by molar-refractivity contribution is 9.38. The second-order valence-corrected chi connectivity index (χ2v) is 90.5. The van der Waals surface area contributed by atoms with E-state index in [1.165, 1.54) is 0 Å². The molecule has 0 nitrogen and oxygen atoms in total. The van der Waals surface area contributed by atoms with E-state index in [1.54, 1.807) is 0 Å². The zero-order chi connectivity index (χ0) is 17.8. The summed E-state index contributed by atoms with van der Waals surface area (Å²) in [5.41, 5.74) is 0. The lowest BCUT2D eigenvalue weighted by Gasteiger charge is -2.47. The van der Waals surface area contributed by atoms with Crippen LogP contribution in [0.3, 0.4) is 0 Å². The molecule has 0 saturated heterocycles. The van der Waals surface area contributed by atoms with Crippen molar-refractivity contribution in [2.24, 2.45) is 0 Å².